The van der Waals surface area contributed by atoms with Crippen LogP contribution >= 0.6 is 0 Å². The molecule has 0 bridgehead atoms. The van der Waals surface area contributed by atoms with E-state index in [1.54, 1.807) is 0 Å². The highest BCUT2D eigenvalue weighted by molar-refractivity contribution is 6.20. The van der Waals surface area contributed by atoms with Gasteiger partial charge in [-0.2, -0.15) is 5.26 Å². The van der Waals surface area contributed by atoms with E-state index >= 15 is 0 Å². The Morgan fingerprint density at radius 3 is 2.36 bits per heavy atom. The largest absolute Gasteiger partial charge is 0.294 e. The minimum atomic E-state index is 0.709. The lowest BCUT2D eigenvalue weighted by Crippen LogP contribution is -2.17. The fraction of sp³-hybridized carbons (Fsp3) is 0. The molecule has 0 atom stereocenters. The first kappa shape index (κ1) is 20.5. The molecule has 1 aliphatic heterocycles. The number of pyridine rings is 2. The quantitative estimate of drug-likeness (QED) is 0.214. The summed E-state index contributed by atoms with van der Waals surface area (Å²) in [6.45, 7) is 0. The van der Waals surface area contributed by atoms with Crippen molar-refractivity contribution < 1.29 is 0 Å². The number of benzene rings is 5. The summed E-state index contributed by atoms with van der Waals surface area (Å²) in [5.74, 6) is 0.894. The van der Waals surface area contributed by atoms with E-state index in [4.69, 9.17) is 9.97 Å². The van der Waals surface area contributed by atoms with Gasteiger partial charge in [-0.25, -0.2) is 4.98 Å². The lowest BCUT2D eigenvalue weighted by Gasteiger charge is -2.32. The van der Waals surface area contributed by atoms with Crippen molar-refractivity contribution in [3.05, 3.63) is 115 Å². The fourth-order valence-corrected chi connectivity index (χ4v) is 6.57. The average molecular weight is 495 g/mol. The van der Waals surface area contributed by atoms with E-state index in [2.05, 4.69) is 89.8 Å². The molecule has 2 aromatic heterocycles. The lowest BCUT2D eigenvalue weighted by atomic mass is 9.95. The number of rotatable bonds is 1. The van der Waals surface area contributed by atoms with E-state index in [1.165, 1.54) is 22.3 Å². The van der Waals surface area contributed by atoms with Gasteiger partial charge in [-0.3, -0.25) is 9.88 Å². The van der Waals surface area contributed by atoms with Gasteiger partial charge < -0.3 is 0 Å². The molecule has 4 nitrogen and oxygen atoms in total. The van der Waals surface area contributed by atoms with Gasteiger partial charge in [0.1, 0.15) is 5.82 Å². The first-order chi connectivity index (χ1) is 19.3. The molecule has 0 saturated heterocycles. The minimum absolute atomic E-state index is 0.709. The summed E-state index contributed by atoms with van der Waals surface area (Å²) in [5.41, 5.74) is 10.6. The van der Waals surface area contributed by atoms with E-state index in [-0.39, 0.29) is 0 Å². The first-order valence-corrected chi connectivity index (χ1v) is 13.0. The van der Waals surface area contributed by atoms with Crippen molar-refractivity contribution in [3.63, 3.8) is 0 Å². The zero-order valence-corrected chi connectivity index (χ0v) is 20.7. The summed E-state index contributed by atoms with van der Waals surface area (Å²) < 4.78 is 0. The third kappa shape index (κ3) is 2.56. The second kappa shape index (κ2) is 7.28. The van der Waals surface area contributed by atoms with Crippen LogP contribution in [0, 0.1) is 11.3 Å². The number of hydrogen-bond donors (Lipinski definition) is 0. The molecule has 1 aliphatic carbocycles. The Morgan fingerprint density at radius 2 is 1.41 bits per heavy atom. The predicted octanol–water partition coefficient (Wildman–Crippen LogP) is 8.91. The molecule has 0 unspecified atom stereocenters. The molecular formula is C35H18N4. The zero-order valence-electron chi connectivity index (χ0n) is 20.7. The van der Waals surface area contributed by atoms with Crippen LogP contribution in [0.25, 0.3) is 66.0 Å². The van der Waals surface area contributed by atoms with E-state index in [0.29, 0.717) is 5.56 Å². The maximum atomic E-state index is 9.72. The minimum Gasteiger partial charge on any atom is -0.294 e. The van der Waals surface area contributed by atoms with Crippen molar-refractivity contribution >= 4 is 49.6 Å². The molecule has 7 aromatic rings. The Balaban J connectivity index is 1.36. The Bertz CT molecular complexity index is 2260. The topological polar surface area (TPSA) is 52.8 Å². The SMILES string of the molecule is N#Cc1ccc2c3c(cccc13)-c1ccc(N3c4ccccc4-c4nccc5c4c3nc3ccccc35)cc1-2. The molecule has 0 saturated carbocycles. The average Bonchev–Trinajstić information content (AvgIpc) is 3.32. The molecule has 0 spiro atoms. The summed E-state index contributed by atoms with van der Waals surface area (Å²) in [6, 6.07) is 38.2. The molecule has 0 amide bonds. The van der Waals surface area contributed by atoms with Crippen LogP contribution in [0.3, 0.4) is 0 Å². The number of anilines is 3. The third-order valence-electron chi connectivity index (χ3n) is 8.21. The van der Waals surface area contributed by atoms with Crippen molar-refractivity contribution in [3.8, 4) is 39.6 Å². The second-order valence-corrected chi connectivity index (χ2v) is 10.1. The van der Waals surface area contributed by atoms with E-state index < -0.39 is 0 Å². The number of nitriles is 1. The number of nitrogens with zero attached hydrogens (tertiary/aromatic N) is 4. The predicted molar refractivity (Wildman–Crippen MR) is 157 cm³/mol. The molecule has 0 N–H and O–H groups in total. The van der Waals surface area contributed by atoms with E-state index in [9.17, 15) is 5.26 Å². The molecular weight excluding hydrogens is 476 g/mol. The molecule has 3 heterocycles. The van der Waals surface area contributed by atoms with Crippen LogP contribution in [0.1, 0.15) is 5.56 Å². The molecule has 2 aliphatic rings. The third-order valence-corrected chi connectivity index (χ3v) is 8.21. The normalized spacial score (nSPS) is 12.5. The van der Waals surface area contributed by atoms with Gasteiger partial charge in [0.25, 0.3) is 0 Å². The van der Waals surface area contributed by atoms with E-state index in [1.807, 2.05) is 30.5 Å². The van der Waals surface area contributed by atoms with Gasteiger partial charge in [0.2, 0.25) is 0 Å². The van der Waals surface area contributed by atoms with Crippen molar-refractivity contribution in [2.24, 2.45) is 0 Å². The van der Waals surface area contributed by atoms with Crippen LogP contribution in [-0.2, 0) is 0 Å². The number of para-hydroxylation sites is 2. The van der Waals surface area contributed by atoms with Gasteiger partial charge in [-0.1, -0.05) is 66.7 Å². The lowest BCUT2D eigenvalue weighted by molar-refractivity contribution is 1.20. The molecule has 0 radical (unpaired) electrons. The van der Waals surface area contributed by atoms with Crippen molar-refractivity contribution in [2.75, 3.05) is 4.90 Å². The van der Waals surface area contributed by atoms with Gasteiger partial charge in [0, 0.05) is 28.2 Å². The maximum Gasteiger partial charge on any atom is 0.148 e. The summed E-state index contributed by atoms with van der Waals surface area (Å²) in [7, 11) is 0. The van der Waals surface area contributed by atoms with Crippen molar-refractivity contribution in [1.82, 2.24) is 9.97 Å². The summed E-state index contributed by atoms with van der Waals surface area (Å²) >= 11 is 0. The Hall–Kier alpha value is -5.53. The van der Waals surface area contributed by atoms with Gasteiger partial charge in [-0.15, -0.1) is 0 Å². The zero-order chi connectivity index (χ0) is 25.7. The first-order valence-electron chi connectivity index (χ1n) is 13.0. The Labute approximate surface area is 224 Å². The fourth-order valence-electron chi connectivity index (χ4n) is 6.57. The summed E-state index contributed by atoms with van der Waals surface area (Å²) in [5, 5.41) is 15.2. The van der Waals surface area contributed by atoms with Crippen LogP contribution in [0.4, 0.5) is 17.2 Å². The van der Waals surface area contributed by atoms with Gasteiger partial charge in [0.15, 0.2) is 0 Å². The van der Waals surface area contributed by atoms with Crippen molar-refractivity contribution in [1.29, 1.82) is 5.26 Å². The van der Waals surface area contributed by atoms with Gasteiger partial charge in [0.05, 0.1) is 33.9 Å². The van der Waals surface area contributed by atoms with Crippen LogP contribution in [0.15, 0.2) is 109 Å². The molecule has 39 heavy (non-hydrogen) atoms. The van der Waals surface area contributed by atoms with Crippen LogP contribution in [-0.4, -0.2) is 9.97 Å². The monoisotopic (exact) mass is 494 g/mol. The second-order valence-electron chi connectivity index (χ2n) is 10.1. The van der Waals surface area contributed by atoms with Crippen molar-refractivity contribution in [2.45, 2.75) is 0 Å². The highest BCUT2D eigenvalue weighted by Crippen LogP contribution is 2.53. The van der Waals surface area contributed by atoms with Gasteiger partial charge in [-0.05, 0) is 69.4 Å². The van der Waals surface area contributed by atoms with Crippen LogP contribution < -0.4 is 4.90 Å². The van der Waals surface area contributed by atoms with Crippen LogP contribution in [0.2, 0.25) is 0 Å². The Morgan fingerprint density at radius 1 is 0.615 bits per heavy atom. The standard InChI is InChI=1S/C35H18N4/c36-19-20-12-14-26-29-18-21(13-15-23(29)25-9-5-8-22(20)32(25)26)39-31-11-4-2-7-28(31)34-33-27(16-17-37-34)24-6-1-3-10-30(24)38-35(33)39/h1-18H. The molecule has 5 aromatic carbocycles. The summed E-state index contributed by atoms with van der Waals surface area (Å²) in [6.07, 6.45) is 1.91. The van der Waals surface area contributed by atoms with Crippen LogP contribution in [0.5, 0.6) is 0 Å². The molecule has 0 fully saturated rings. The summed E-state index contributed by atoms with van der Waals surface area (Å²) in [4.78, 5) is 12.4. The molecule has 178 valence electrons. The number of aromatic nitrogens is 2. The molecule has 9 rings (SSSR count). The number of fused-ring (bicyclic) bond motifs is 7. The maximum absolute atomic E-state index is 9.72. The molecule has 4 heteroatoms. The van der Waals surface area contributed by atoms with Gasteiger partial charge >= 0.3 is 0 Å². The highest BCUT2D eigenvalue weighted by atomic mass is 15.2. The Kier molecular flexibility index (Phi) is 3.83. The smallest absolute Gasteiger partial charge is 0.148 e. The highest BCUT2D eigenvalue weighted by Gasteiger charge is 2.30. The number of hydrogen-bond acceptors (Lipinski definition) is 4. The van der Waals surface area contributed by atoms with E-state index in [0.717, 1.165) is 60.9 Å².